The summed E-state index contributed by atoms with van der Waals surface area (Å²) >= 11 is 1.53. The molecular weight excluding hydrogens is 917 g/mol. The van der Waals surface area contributed by atoms with E-state index in [1.807, 2.05) is 36.4 Å². The molecule has 0 spiro atoms. The van der Waals surface area contributed by atoms with Crippen LogP contribution < -0.4 is 10.6 Å². The zero-order valence-electron chi connectivity index (χ0n) is 43.6. The van der Waals surface area contributed by atoms with Crippen LogP contribution in [0.1, 0.15) is 193 Å². The van der Waals surface area contributed by atoms with Gasteiger partial charge in [-0.15, -0.1) is 0 Å². The Hall–Kier alpha value is -3.01. The molecule has 3 aromatic carbocycles. The van der Waals surface area contributed by atoms with Crippen molar-refractivity contribution in [3.05, 3.63) is 60.2 Å². The zero-order valence-corrected chi connectivity index (χ0v) is 44.4. The monoisotopic (exact) mass is 1010 g/mol. The second-order valence-electron chi connectivity index (χ2n) is 20.2. The SMILES string of the molecule is CCCCCCCCCCCCCCCCCCCCCCCCCC(=O)N[C@@H](CO[C@H]1OC(CSCCCCCNC(=O)OCc2c3ccccc3cc3ccccc23)[C@H](O)C(O)C1O)[C@H](O)[C@@H](C)O. The van der Waals surface area contributed by atoms with Gasteiger partial charge in [-0.05, 0) is 59.6 Å². The van der Waals surface area contributed by atoms with Gasteiger partial charge >= 0.3 is 6.09 Å². The summed E-state index contributed by atoms with van der Waals surface area (Å²) < 4.78 is 17.4. The van der Waals surface area contributed by atoms with Gasteiger partial charge in [0.25, 0.3) is 0 Å². The highest BCUT2D eigenvalue weighted by Crippen LogP contribution is 2.30. The Morgan fingerprint density at radius 1 is 0.648 bits per heavy atom. The summed E-state index contributed by atoms with van der Waals surface area (Å²) in [7, 11) is 0. The van der Waals surface area contributed by atoms with Gasteiger partial charge in [0.1, 0.15) is 31.0 Å². The minimum absolute atomic E-state index is 0.164. The fraction of sp³-hybridized carbons (Fsp3) is 0.724. The van der Waals surface area contributed by atoms with E-state index in [9.17, 15) is 35.1 Å². The number of fused-ring (bicyclic) bond motifs is 2. The molecule has 0 bridgehead atoms. The smallest absolute Gasteiger partial charge is 0.407 e. The third-order valence-corrected chi connectivity index (χ3v) is 15.3. The molecule has 7 N–H and O–H groups in total. The van der Waals surface area contributed by atoms with Gasteiger partial charge in [-0.25, -0.2) is 4.79 Å². The lowest BCUT2D eigenvalue weighted by atomic mass is 9.97. The molecule has 71 heavy (non-hydrogen) atoms. The van der Waals surface area contributed by atoms with Crippen molar-refractivity contribution in [1.29, 1.82) is 0 Å². The van der Waals surface area contributed by atoms with Gasteiger partial charge in [0.2, 0.25) is 5.91 Å². The standard InChI is InChI=1S/C58H94N2O10S/c1-3-4-5-6-7-8-9-10-11-12-13-14-15-16-17-18-19-20-21-22-23-24-26-37-52(62)60-50(53(63)44(2)61)42-68-57-56(66)55(65)54(64)51(70-57)43-71-39-32-25-31-38-59-58(67)69-41-49-47-35-29-27-33-45(47)40-46-34-28-30-36-48(46)49/h27-30,33-36,40,44,50-51,53-57,61,63-66H,3-26,31-32,37-39,41-43H2,1-2H3,(H,59,67)(H,60,62)/t44-,50+,51?,53-,54+,55?,56?,57+/m1/s1. The van der Waals surface area contributed by atoms with Crippen LogP contribution in [-0.2, 0) is 25.6 Å². The van der Waals surface area contributed by atoms with Crippen molar-refractivity contribution >= 4 is 45.3 Å². The Bertz CT molecular complexity index is 1810. The van der Waals surface area contributed by atoms with E-state index in [-0.39, 0.29) is 25.5 Å². The number of carbonyl (C=O) groups is 2. The molecule has 0 saturated carbocycles. The van der Waals surface area contributed by atoms with E-state index in [1.165, 1.54) is 141 Å². The van der Waals surface area contributed by atoms with Crippen LogP contribution in [0.2, 0.25) is 0 Å². The summed E-state index contributed by atoms with van der Waals surface area (Å²) in [6.07, 6.45) is 23.1. The molecule has 402 valence electrons. The van der Waals surface area contributed by atoms with Crippen LogP contribution in [0, 0.1) is 0 Å². The van der Waals surface area contributed by atoms with E-state index in [2.05, 4.69) is 35.8 Å². The molecule has 4 rings (SSSR count). The first kappa shape index (κ1) is 60.5. The molecule has 0 aromatic heterocycles. The van der Waals surface area contributed by atoms with Crippen molar-refractivity contribution in [1.82, 2.24) is 10.6 Å². The minimum atomic E-state index is -1.56. The van der Waals surface area contributed by atoms with Crippen LogP contribution in [0.4, 0.5) is 4.79 Å². The Kier molecular flexibility index (Phi) is 31.4. The van der Waals surface area contributed by atoms with Crippen LogP contribution in [-0.4, -0.2) is 111 Å². The van der Waals surface area contributed by atoms with Gasteiger partial charge in [-0.3, -0.25) is 4.79 Å². The lowest BCUT2D eigenvalue weighted by Crippen LogP contribution is -2.60. The first-order valence-corrected chi connectivity index (χ1v) is 29.1. The maximum Gasteiger partial charge on any atom is 0.407 e. The maximum absolute atomic E-state index is 12.9. The largest absolute Gasteiger partial charge is 0.445 e. The van der Waals surface area contributed by atoms with Crippen LogP contribution in [0.3, 0.4) is 0 Å². The van der Waals surface area contributed by atoms with Crippen molar-refractivity contribution < 1.29 is 49.3 Å². The fourth-order valence-corrected chi connectivity index (χ4v) is 10.7. The van der Waals surface area contributed by atoms with Gasteiger partial charge < -0.3 is 50.4 Å². The Labute approximate surface area is 431 Å². The van der Waals surface area contributed by atoms with E-state index in [0.717, 1.165) is 71.4 Å². The Morgan fingerprint density at radius 3 is 1.66 bits per heavy atom. The average Bonchev–Trinajstić information content (AvgIpc) is 3.37. The van der Waals surface area contributed by atoms with Crippen LogP contribution in [0.25, 0.3) is 21.5 Å². The van der Waals surface area contributed by atoms with Crippen molar-refractivity contribution in [2.45, 2.75) is 243 Å². The van der Waals surface area contributed by atoms with E-state index >= 15 is 0 Å². The molecule has 8 atom stereocenters. The number of aliphatic hydroxyl groups excluding tert-OH is 5. The number of aliphatic hydroxyl groups is 5. The van der Waals surface area contributed by atoms with Crippen molar-refractivity contribution in [2.24, 2.45) is 0 Å². The van der Waals surface area contributed by atoms with E-state index < -0.39 is 55.0 Å². The lowest BCUT2D eigenvalue weighted by molar-refractivity contribution is -0.294. The van der Waals surface area contributed by atoms with E-state index in [0.29, 0.717) is 18.7 Å². The highest BCUT2D eigenvalue weighted by atomic mass is 32.2. The first-order chi connectivity index (χ1) is 34.6. The normalized spacial score (nSPS) is 19.5. The minimum Gasteiger partial charge on any atom is -0.445 e. The number of hydrogen-bond donors (Lipinski definition) is 7. The third-order valence-electron chi connectivity index (χ3n) is 14.1. The number of ether oxygens (including phenoxy) is 3. The van der Waals surface area contributed by atoms with Gasteiger partial charge in [0.15, 0.2) is 6.29 Å². The molecular formula is C58H94N2O10S. The molecule has 3 unspecified atom stereocenters. The molecule has 1 heterocycles. The number of rotatable bonds is 40. The second kappa shape index (κ2) is 36.8. The van der Waals surface area contributed by atoms with E-state index in [4.69, 9.17) is 14.2 Å². The predicted molar refractivity (Wildman–Crippen MR) is 290 cm³/mol. The molecule has 1 fully saturated rings. The lowest BCUT2D eigenvalue weighted by Gasteiger charge is -2.41. The van der Waals surface area contributed by atoms with E-state index in [1.54, 1.807) is 0 Å². The number of benzene rings is 3. The Morgan fingerprint density at radius 2 is 1.14 bits per heavy atom. The highest BCUT2D eigenvalue weighted by Gasteiger charge is 2.44. The van der Waals surface area contributed by atoms with Crippen molar-refractivity contribution in [3.63, 3.8) is 0 Å². The number of thioether (sulfide) groups is 1. The third kappa shape index (κ3) is 23.8. The molecule has 3 aromatic rings. The quantitative estimate of drug-likeness (QED) is 0.0212. The summed E-state index contributed by atoms with van der Waals surface area (Å²) in [6, 6.07) is 17.3. The van der Waals surface area contributed by atoms with Gasteiger partial charge in [0.05, 0.1) is 24.9 Å². The number of amides is 2. The summed E-state index contributed by atoms with van der Waals surface area (Å²) in [6.45, 7) is 4.05. The van der Waals surface area contributed by atoms with Crippen LogP contribution in [0.5, 0.6) is 0 Å². The summed E-state index contributed by atoms with van der Waals surface area (Å²) in [5.41, 5.74) is 0.979. The number of hydrogen-bond acceptors (Lipinski definition) is 11. The molecule has 2 amide bonds. The first-order valence-electron chi connectivity index (χ1n) is 27.9. The second-order valence-corrected chi connectivity index (χ2v) is 21.4. The molecule has 0 radical (unpaired) electrons. The molecule has 1 aliphatic rings. The zero-order chi connectivity index (χ0) is 50.9. The molecule has 13 heteroatoms. The van der Waals surface area contributed by atoms with Crippen LogP contribution in [0.15, 0.2) is 54.6 Å². The highest BCUT2D eigenvalue weighted by molar-refractivity contribution is 7.99. The molecule has 12 nitrogen and oxygen atoms in total. The predicted octanol–water partition coefficient (Wildman–Crippen LogP) is 11.6. The van der Waals surface area contributed by atoms with Gasteiger partial charge in [0, 0.05) is 24.3 Å². The van der Waals surface area contributed by atoms with Gasteiger partial charge in [-0.1, -0.05) is 203 Å². The number of unbranched alkanes of at least 4 members (excludes halogenated alkanes) is 24. The molecule has 1 aliphatic heterocycles. The number of carbonyl (C=O) groups excluding carboxylic acids is 2. The number of nitrogens with one attached hydrogen (secondary N) is 2. The fourth-order valence-electron chi connectivity index (χ4n) is 9.65. The topological polar surface area (TPSA) is 187 Å². The Balaban J connectivity index is 1.00. The van der Waals surface area contributed by atoms with Crippen molar-refractivity contribution in [3.8, 4) is 0 Å². The summed E-state index contributed by atoms with van der Waals surface area (Å²) in [5.74, 6) is 0.802. The molecule has 1 saturated heterocycles. The van der Waals surface area contributed by atoms with Gasteiger partial charge in [-0.2, -0.15) is 11.8 Å². The average molecular weight is 1010 g/mol. The summed E-state index contributed by atoms with van der Waals surface area (Å²) in [4.78, 5) is 25.5. The number of alkyl carbamates (subject to hydrolysis) is 1. The van der Waals surface area contributed by atoms with Crippen LogP contribution >= 0.6 is 11.8 Å². The maximum atomic E-state index is 12.9. The van der Waals surface area contributed by atoms with Crippen molar-refractivity contribution in [2.75, 3.05) is 24.7 Å². The summed E-state index contributed by atoms with van der Waals surface area (Å²) in [5, 5.41) is 63.0. The molecule has 0 aliphatic carbocycles.